The van der Waals surface area contributed by atoms with Crippen LogP contribution in [0.3, 0.4) is 0 Å². The first-order valence-electron chi connectivity index (χ1n) is 19.6. The zero-order valence-corrected chi connectivity index (χ0v) is 31.0. The Morgan fingerprint density at radius 2 is 0.632 bits per heavy atom. The molecule has 0 bridgehead atoms. The van der Waals surface area contributed by atoms with Crippen molar-refractivity contribution < 1.29 is 0 Å². The molecule has 3 heteroatoms. The van der Waals surface area contributed by atoms with Crippen LogP contribution >= 0.6 is 0 Å². The summed E-state index contributed by atoms with van der Waals surface area (Å²) in [5.74, 6) is 0. The Balaban J connectivity index is 1.02. The molecule has 0 saturated heterocycles. The van der Waals surface area contributed by atoms with Crippen LogP contribution < -0.4 is 0 Å². The number of fused-ring (bicyclic) bond motifs is 9. The van der Waals surface area contributed by atoms with E-state index in [1.807, 2.05) is 0 Å². The normalized spacial score (nSPS) is 11.9. The van der Waals surface area contributed by atoms with E-state index in [0.29, 0.717) is 0 Å². The van der Waals surface area contributed by atoms with Crippen LogP contribution in [0, 0.1) is 0 Å². The Morgan fingerprint density at radius 3 is 1.25 bits per heavy atom. The smallest absolute Gasteiger partial charge is 0.0562 e. The van der Waals surface area contributed by atoms with Crippen molar-refractivity contribution in [2.24, 2.45) is 0 Å². The number of nitrogens with zero attached hydrogens (tertiary/aromatic N) is 3. The van der Waals surface area contributed by atoms with Crippen LogP contribution in [-0.4, -0.2) is 13.7 Å². The molecule has 9 aromatic carbocycles. The lowest BCUT2D eigenvalue weighted by Gasteiger charge is -2.13. The van der Waals surface area contributed by atoms with E-state index in [0.717, 1.165) is 11.4 Å². The van der Waals surface area contributed by atoms with Gasteiger partial charge in [0.2, 0.25) is 0 Å². The summed E-state index contributed by atoms with van der Waals surface area (Å²) in [5.41, 5.74) is 15.5. The molecule has 57 heavy (non-hydrogen) atoms. The molecule has 0 amide bonds. The Labute approximate surface area is 329 Å². The van der Waals surface area contributed by atoms with Gasteiger partial charge in [0.1, 0.15) is 0 Å². The maximum atomic E-state index is 2.47. The van der Waals surface area contributed by atoms with E-state index in [9.17, 15) is 0 Å². The average Bonchev–Trinajstić information content (AvgIpc) is 3.92. The predicted molar refractivity (Wildman–Crippen MR) is 240 cm³/mol. The third kappa shape index (κ3) is 4.79. The van der Waals surface area contributed by atoms with Crippen LogP contribution in [0.1, 0.15) is 0 Å². The van der Waals surface area contributed by atoms with E-state index in [4.69, 9.17) is 0 Å². The van der Waals surface area contributed by atoms with Crippen molar-refractivity contribution in [2.75, 3.05) is 0 Å². The summed E-state index contributed by atoms with van der Waals surface area (Å²) in [4.78, 5) is 0. The van der Waals surface area contributed by atoms with Crippen LogP contribution in [0.2, 0.25) is 0 Å². The van der Waals surface area contributed by atoms with Crippen LogP contribution in [0.25, 0.3) is 105 Å². The molecule has 0 aliphatic heterocycles. The highest BCUT2D eigenvalue weighted by Gasteiger charge is 2.20. The Bertz CT molecular complexity index is 3440. The Hall–Kier alpha value is -7.62. The van der Waals surface area contributed by atoms with Crippen molar-refractivity contribution in [1.29, 1.82) is 0 Å². The number of benzene rings is 9. The van der Waals surface area contributed by atoms with Crippen LogP contribution in [0.5, 0.6) is 0 Å². The molecule has 0 radical (unpaired) electrons. The Morgan fingerprint density at radius 1 is 0.228 bits per heavy atom. The maximum Gasteiger partial charge on any atom is 0.0562 e. The van der Waals surface area contributed by atoms with Gasteiger partial charge in [-0.15, -0.1) is 0 Å². The fourth-order valence-corrected chi connectivity index (χ4v) is 9.31. The topological polar surface area (TPSA) is 14.8 Å². The summed E-state index contributed by atoms with van der Waals surface area (Å²) in [7, 11) is 0. The third-order valence-electron chi connectivity index (χ3n) is 11.9. The number of para-hydroxylation sites is 4. The first-order valence-corrected chi connectivity index (χ1v) is 19.6. The molecule has 0 fully saturated rings. The van der Waals surface area contributed by atoms with Crippen molar-refractivity contribution in [3.63, 3.8) is 0 Å². The van der Waals surface area contributed by atoms with Gasteiger partial charge in [0, 0.05) is 43.7 Å². The molecule has 0 saturated carbocycles. The lowest BCUT2D eigenvalue weighted by Crippen LogP contribution is -1.97. The van der Waals surface area contributed by atoms with Gasteiger partial charge >= 0.3 is 0 Å². The number of hydrogen-bond acceptors (Lipinski definition) is 0. The van der Waals surface area contributed by atoms with Crippen molar-refractivity contribution in [2.45, 2.75) is 0 Å². The first kappa shape index (κ1) is 31.7. The zero-order chi connectivity index (χ0) is 37.5. The first-order chi connectivity index (χ1) is 28.3. The van der Waals surface area contributed by atoms with Gasteiger partial charge in [-0.1, -0.05) is 146 Å². The van der Waals surface area contributed by atoms with E-state index in [2.05, 4.69) is 226 Å². The summed E-state index contributed by atoms with van der Waals surface area (Å²) >= 11 is 0. The van der Waals surface area contributed by atoms with Crippen molar-refractivity contribution >= 4 is 65.4 Å². The Kier molecular flexibility index (Phi) is 6.93. The zero-order valence-electron chi connectivity index (χ0n) is 31.0. The fourth-order valence-electron chi connectivity index (χ4n) is 9.31. The minimum atomic E-state index is 1.14. The van der Waals surface area contributed by atoms with E-state index in [1.165, 1.54) is 93.4 Å². The van der Waals surface area contributed by atoms with Crippen molar-refractivity contribution in [3.8, 4) is 39.3 Å². The largest absolute Gasteiger partial charge is 0.309 e. The number of hydrogen-bond donors (Lipinski definition) is 0. The minimum absolute atomic E-state index is 1.14. The molecule has 12 aromatic rings. The second-order valence-corrected chi connectivity index (χ2v) is 14.9. The van der Waals surface area contributed by atoms with Crippen molar-refractivity contribution in [3.05, 3.63) is 212 Å². The van der Waals surface area contributed by atoms with Gasteiger partial charge in [-0.2, -0.15) is 0 Å². The van der Waals surface area contributed by atoms with Gasteiger partial charge in [-0.3, -0.25) is 0 Å². The highest BCUT2D eigenvalue weighted by Crippen LogP contribution is 2.41. The molecule has 12 rings (SSSR count). The number of aromatic nitrogens is 3. The van der Waals surface area contributed by atoms with Crippen molar-refractivity contribution in [1.82, 2.24) is 13.7 Å². The second-order valence-electron chi connectivity index (χ2n) is 14.9. The molecular formula is C54H35N3. The van der Waals surface area contributed by atoms with E-state index >= 15 is 0 Å². The van der Waals surface area contributed by atoms with Crippen LogP contribution in [0.4, 0.5) is 0 Å². The molecular weight excluding hydrogens is 691 g/mol. The van der Waals surface area contributed by atoms with Gasteiger partial charge in [0.05, 0.1) is 38.8 Å². The molecule has 3 heterocycles. The summed E-state index contributed by atoms with van der Waals surface area (Å²) in [6, 6.07) is 77.4. The average molecular weight is 726 g/mol. The highest BCUT2D eigenvalue weighted by atomic mass is 15.0. The van der Waals surface area contributed by atoms with Gasteiger partial charge < -0.3 is 13.7 Å². The van der Waals surface area contributed by atoms with Gasteiger partial charge in [0.15, 0.2) is 0 Å². The van der Waals surface area contributed by atoms with E-state index in [1.54, 1.807) is 0 Å². The summed E-state index contributed by atoms with van der Waals surface area (Å²) < 4.78 is 7.31. The maximum absolute atomic E-state index is 2.47. The highest BCUT2D eigenvalue weighted by molar-refractivity contribution is 6.17. The molecule has 3 nitrogen and oxygen atoms in total. The van der Waals surface area contributed by atoms with Gasteiger partial charge in [-0.05, 0) is 89.0 Å². The van der Waals surface area contributed by atoms with E-state index < -0.39 is 0 Å². The molecule has 3 aromatic heterocycles. The van der Waals surface area contributed by atoms with Crippen LogP contribution in [-0.2, 0) is 0 Å². The van der Waals surface area contributed by atoms with Crippen LogP contribution in [0.15, 0.2) is 212 Å². The molecule has 0 aliphatic rings. The quantitative estimate of drug-likeness (QED) is 0.168. The summed E-state index contributed by atoms with van der Waals surface area (Å²) in [6.07, 6.45) is 0. The molecule has 0 unspecified atom stereocenters. The van der Waals surface area contributed by atoms with Gasteiger partial charge in [0.25, 0.3) is 0 Å². The predicted octanol–water partition coefficient (Wildman–Crippen LogP) is 14.3. The molecule has 0 atom stereocenters. The van der Waals surface area contributed by atoms with E-state index in [-0.39, 0.29) is 0 Å². The second kappa shape index (κ2) is 12.5. The fraction of sp³-hybridized carbons (Fsp3) is 0. The monoisotopic (exact) mass is 725 g/mol. The minimum Gasteiger partial charge on any atom is -0.309 e. The molecule has 0 aliphatic carbocycles. The molecule has 266 valence electrons. The summed E-state index contributed by atoms with van der Waals surface area (Å²) in [5, 5.41) is 7.48. The molecule has 0 N–H and O–H groups in total. The SMILES string of the molecule is c1ccc(-c2ccc(-c3ccc(-n4c5ccccc5c5c(-n6c7ccccc7c7cc(-n8c9ccccc9c9ccccc98)ccc76)cccc54)cc3)cc2)cc1. The lowest BCUT2D eigenvalue weighted by atomic mass is 10.0. The number of rotatable bonds is 5. The van der Waals surface area contributed by atoms with Gasteiger partial charge in [-0.25, -0.2) is 0 Å². The summed E-state index contributed by atoms with van der Waals surface area (Å²) in [6.45, 7) is 0. The lowest BCUT2D eigenvalue weighted by molar-refractivity contribution is 1.16. The third-order valence-corrected chi connectivity index (χ3v) is 11.9. The standard InChI is InChI=1S/C54H35N3/c1-2-13-36(14-3-1)37-25-27-38(28-26-37)39-29-31-40(32-30-39)55-50-22-11-7-18-45(50)54-52(55)23-12-24-53(54)57-49-21-10-6-17-44(49)46-35-41(33-34-51(46)57)56-47-19-8-4-15-42(47)43-16-5-9-20-48(43)56/h1-35H. The molecule has 0 spiro atoms.